The van der Waals surface area contributed by atoms with Crippen molar-refractivity contribution in [2.24, 2.45) is 0 Å². The third-order valence-corrected chi connectivity index (χ3v) is 3.36. The summed E-state index contributed by atoms with van der Waals surface area (Å²) >= 11 is 0. The van der Waals surface area contributed by atoms with Crippen LogP contribution in [0.25, 0.3) is 6.08 Å². The molecule has 0 saturated carbocycles. The first-order valence-electron chi connectivity index (χ1n) is 6.73. The van der Waals surface area contributed by atoms with Gasteiger partial charge in [0.15, 0.2) is 11.6 Å². The van der Waals surface area contributed by atoms with Gasteiger partial charge in [0.2, 0.25) is 0 Å². The molecule has 0 aliphatic heterocycles. The zero-order chi connectivity index (χ0) is 16.2. The van der Waals surface area contributed by atoms with Crippen LogP contribution in [0, 0.1) is 0 Å². The van der Waals surface area contributed by atoms with Crippen molar-refractivity contribution in [3.63, 3.8) is 0 Å². The van der Waals surface area contributed by atoms with E-state index in [-0.39, 0.29) is 23.5 Å². The summed E-state index contributed by atoms with van der Waals surface area (Å²) in [5.41, 5.74) is 0.908. The Bertz CT molecular complexity index is 642. The summed E-state index contributed by atoms with van der Waals surface area (Å²) in [5.74, 6) is -2.31. The Labute approximate surface area is 128 Å². The average Bonchev–Trinajstić information content (AvgIpc) is 2.53. The fraction of sp³-hybridized carbons (Fsp3) is 0.235. The third kappa shape index (κ3) is 3.44. The van der Waals surface area contributed by atoms with Crippen LogP contribution < -0.4 is 0 Å². The van der Waals surface area contributed by atoms with E-state index in [2.05, 4.69) is 0 Å². The monoisotopic (exact) mass is 302 g/mol. The lowest BCUT2D eigenvalue weighted by Gasteiger charge is -2.28. The Morgan fingerprint density at radius 1 is 1.27 bits per heavy atom. The van der Waals surface area contributed by atoms with Gasteiger partial charge in [0.1, 0.15) is 17.1 Å². The normalized spacial score (nSPS) is 24.3. The Hall–Kier alpha value is -2.37. The minimum absolute atomic E-state index is 0.0245. The maximum absolute atomic E-state index is 12.2. The molecule has 0 radical (unpaired) electrons. The summed E-state index contributed by atoms with van der Waals surface area (Å²) in [6.45, 7) is 0. The lowest BCUT2D eigenvalue weighted by Crippen LogP contribution is -2.37. The highest BCUT2D eigenvalue weighted by molar-refractivity contribution is 6.01. The van der Waals surface area contributed by atoms with Crippen LogP contribution in [0.3, 0.4) is 0 Å². The number of ether oxygens (including phenoxy) is 2. The molecule has 5 heteroatoms. The second-order valence-electron chi connectivity index (χ2n) is 4.87. The molecular formula is C17H18O5. The van der Waals surface area contributed by atoms with Crippen LogP contribution in [0.4, 0.5) is 0 Å². The van der Waals surface area contributed by atoms with Crippen LogP contribution >= 0.6 is 0 Å². The zero-order valence-electron chi connectivity index (χ0n) is 12.4. The van der Waals surface area contributed by atoms with Gasteiger partial charge in [0.05, 0.1) is 13.5 Å². The van der Waals surface area contributed by atoms with Gasteiger partial charge < -0.3 is 19.7 Å². The van der Waals surface area contributed by atoms with E-state index in [0.29, 0.717) is 0 Å². The highest BCUT2D eigenvalue weighted by atomic mass is 16.6. The molecule has 0 aromatic heterocycles. The Balaban J connectivity index is 2.38. The SMILES string of the molecule is COC1=CC(O)(OC)CC(=O)C1=C(O)C=Cc1ccccc1. The summed E-state index contributed by atoms with van der Waals surface area (Å²) in [5, 5.41) is 20.2. The highest BCUT2D eigenvalue weighted by Crippen LogP contribution is 2.31. The Kier molecular flexibility index (Phi) is 4.80. The van der Waals surface area contributed by atoms with Crippen LogP contribution in [0.2, 0.25) is 0 Å². The number of rotatable bonds is 4. The van der Waals surface area contributed by atoms with Crippen molar-refractivity contribution in [1.82, 2.24) is 0 Å². The standard InChI is InChI=1S/C17H18O5/c1-21-15-11-17(20,22-2)10-14(19)16(15)13(18)9-8-12-6-4-3-5-7-12/h3-9,11,18,20H,10H2,1-2H3. The summed E-state index contributed by atoms with van der Waals surface area (Å²) in [4.78, 5) is 12.2. The van der Waals surface area contributed by atoms with Crippen LogP contribution in [0.15, 0.2) is 59.6 Å². The summed E-state index contributed by atoms with van der Waals surface area (Å²) < 4.78 is 9.99. The van der Waals surface area contributed by atoms with Crippen molar-refractivity contribution in [2.75, 3.05) is 14.2 Å². The van der Waals surface area contributed by atoms with Crippen LogP contribution in [0.5, 0.6) is 0 Å². The van der Waals surface area contributed by atoms with Crippen molar-refractivity contribution in [3.05, 3.63) is 65.1 Å². The number of ketones is 1. The molecule has 2 N–H and O–H groups in total. The molecule has 0 saturated heterocycles. The number of allylic oxidation sites excluding steroid dienone is 2. The Morgan fingerprint density at radius 3 is 2.55 bits per heavy atom. The zero-order valence-corrected chi connectivity index (χ0v) is 12.4. The van der Waals surface area contributed by atoms with Crippen molar-refractivity contribution in [3.8, 4) is 0 Å². The van der Waals surface area contributed by atoms with Gasteiger partial charge in [-0.2, -0.15) is 0 Å². The molecule has 1 unspecified atom stereocenters. The predicted octanol–water partition coefficient (Wildman–Crippen LogP) is 2.35. The molecule has 0 spiro atoms. The molecule has 22 heavy (non-hydrogen) atoms. The summed E-state index contributed by atoms with van der Waals surface area (Å²) in [7, 11) is 2.65. The van der Waals surface area contributed by atoms with Gasteiger partial charge in [-0.05, 0) is 11.6 Å². The quantitative estimate of drug-likeness (QED) is 0.507. The molecule has 1 aromatic carbocycles. The minimum atomic E-state index is -1.71. The number of carbonyl (C=O) groups excluding carboxylic acids is 1. The number of benzene rings is 1. The first-order chi connectivity index (χ1) is 10.5. The van der Waals surface area contributed by atoms with Crippen molar-refractivity contribution in [2.45, 2.75) is 12.2 Å². The predicted molar refractivity (Wildman–Crippen MR) is 81.8 cm³/mol. The largest absolute Gasteiger partial charge is 0.507 e. The third-order valence-electron chi connectivity index (χ3n) is 3.36. The Morgan fingerprint density at radius 2 is 1.95 bits per heavy atom. The van der Waals surface area contributed by atoms with Crippen LogP contribution in [-0.4, -0.2) is 36.0 Å². The van der Waals surface area contributed by atoms with Crippen molar-refractivity contribution < 1.29 is 24.5 Å². The van der Waals surface area contributed by atoms with E-state index in [4.69, 9.17) is 9.47 Å². The van der Waals surface area contributed by atoms with Gasteiger partial charge in [-0.25, -0.2) is 0 Å². The first kappa shape index (κ1) is 16.0. The lowest BCUT2D eigenvalue weighted by molar-refractivity contribution is -0.162. The lowest BCUT2D eigenvalue weighted by atomic mass is 9.92. The van der Waals surface area contributed by atoms with Gasteiger partial charge in [0.25, 0.3) is 0 Å². The van der Waals surface area contributed by atoms with E-state index in [1.165, 1.54) is 26.4 Å². The van der Waals surface area contributed by atoms with E-state index < -0.39 is 11.6 Å². The number of aliphatic hydroxyl groups excluding tert-OH is 1. The molecule has 0 bridgehead atoms. The van der Waals surface area contributed by atoms with E-state index in [0.717, 1.165) is 5.56 Å². The molecule has 1 aromatic rings. The summed E-state index contributed by atoms with van der Waals surface area (Å²) in [6.07, 6.45) is 4.10. The average molecular weight is 302 g/mol. The molecule has 116 valence electrons. The highest BCUT2D eigenvalue weighted by Gasteiger charge is 2.38. The topological polar surface area (TPSA) is 76.0 Å². The second-order valence-corrected chi connectivity index (χ2v) is 4.87. The van der Waals surface area contributed by atoms with Gasteiger partial charge in [-0.3, -0.25) is 4.79 Å². The van der Waals surface area contributed by atoms with E-state index >= 15 is 0 Å². The van der Waals surface area contributed by atoms with Crippen molar-refractivity contribution in [1.29, 1.82) is 0 Å². The maximum Gasteiger partial charge on any atom is 0.196 e. The van der Waals surface area contributed by atoms with Crippen molar-refractivity contribution >= 4 is 11.9 Å². The number of hydrogen-bond donors (Lipinski definition) is 2. The molecular weight excluding hydrogens is 284 g/mol. The number of hydrogen-bond acceptors (Lipinski definition) is 5. The van der Waals surface area contributed by atoms with Gasteiger partial charge >= 0.3 is 0 Å². The van der Waals surface area contributed by atoms with E-state index in [9.17, 15) is 15.0 Å². The van der Waals surface area contributed by atoms with Crippen LogP contribution in [0.1, 0.15) is 12.0 Å². The fourth-order valence-corrected chi connectivity index (χ4v) is 2.17. The molecule has 0 amide bonds. The smallest absolute Gasteiger partial charge is 0.196 e. The second kappa shape index (κ2) is 6.60. The fourth-order valence-electron chi connectivity index (χ4n) is 2.17. The number of Topliss-reactive ketones (excluding diaryl/α,β-unsaturated/α-hetero) is 1. The van der Waals surface area contributed by atoms with Gasteiger partial charge in [-0.15, -0.1) is 0 Å². The number of methoxy groups -OCH3 is 2. The first-order valence-corrected chi connectivity index (χ1v) is 6.73. The van der Waals surface area contributed by atoms with E-state index in [1.54, 1.807) is 6.08 Å². The van der Waals surface area contributed by atoms with Gasteiger partial charge in [-0.1, -0.05) is 36.4 Å². The molecule has 0 heterocycles. The summed E-state index contributed by atoms with van der Waals surface area (Å²) in [6, 6.07) is 9.36. The molecule has 0 fully saturated rings. The molecule has 1 aliphatic carbocycles. The minimum Gasteiger partial charge on any atom is -0.507 e. The molecule has 5 nitrogen and oxygen atoms in total. The molecule has 1 atom stereocenters. The van der Waals surface area contributed by atoms with Gasteiger partial charge in [0, 0.05) is 13.2 Å². The molecule has 2 rings (SSSR count). The molecule has 1 aliphatic rings. The maximum atomic E-state index is 12.2. The number of aliphatic hydroxyl groups is 2. The van der Waals surface area contributed by atoms with E-state index in [1.807, 2.05) is 30.3 Å². The number of carbonyl (C=O) groups is 1. The van der Waals surface area contributed by atoms with Crippen LogP contribution in [-0.2, 0) is 14.3 Å².